The van der Waals surface area contributed by atoms with Crippen LogP contribution in [0.1, 0.15) is 34.3 Å². The van der Waals surface area contributed by atoms with Gasteiger partial charge in [-0.05, 0) is 55.5 Å². The molecule has 3 heteroatoms. The van der Waals surface area contributed by atoms with Crippen LogP contribution in [0.4, 0.5) is 11.4 Å². The summed E-state index contributed by atoms with van der Waals surface area (Å²) in [7, 11) is 0. The number of anilines is 2. The van der Waals surface area contributed by atoms with Crippen molar-refractivity contribution in [1.82, 2.24) is 0 Å². The number of nitrogens with two attached hydrogens (primary N) is 1. The molecule has 0 aromatic heterocycles. The van der Waals surface area contributed by atoms with E-state index in [1.54, 1.807) is 6.07 Å². The predicted molar refractivity (Wildman–Crippen MR) is 86.6 cm³/mol. The van der Waals surface area contributed by atoms with Gasteiger partial charge in [0.05, 0.1) is 0 Å². The van der Waals surface area contributed by atoms with Gasteiger partial charge in [-0.25, -0.2) is 0 Å². The van der Waals surface area contributed by atoms with Crippen LogP contribution >= 0.6 is 0 Å². The molecular weight excluding hydrogens is 260 g/mol. The van der Waals surface area contributed by atoms with Gasteiger partial charge >= 0.3 is 0 Å². The second-order valence-electron chi connectivity index (χ2n) is 5.61. The molecule has 0 saturated carbocycles. The smallest absolute Gasteiger partial charge is 0.258 e. The fourth-order valence-corrected chi connectivity index (χ4v) is 2.83. The van der Waals surface area contributed by atoms with Crippen LogP contribution in [0.5, 0.6) is 0 Å². The topological polar surface area (TPSA) is 46.3 Å². The monoisotopic (exact) mass is 280 g/mol. The van der Waals surface area contributed by atoms with Gasteiger partial charge < -0.3 is 10.6 Å². The summed E-state index contributed by atoms with van der Waals surface area (Å²) in [5, 5.41) is 0. The molecule has 2 N–H and O–H groups in total. The minimum absolute atomic E-state index is 0.0380. The number of hydrogen-bond acceptors (Lipinski definition) is 2. The van der Waals surface area contributed by atoms with Crippen LogP contribution in [-0.2, 0) is 6.42 Å². The van der Waals surface area contributed by atoms with Crippen LogP contribution in [0.25, 0.3) is 0 Å². The number of amides is 1. The largest absolute Gasteiger partial charge is 0.398 e. The van der Waals surface area contributed by atoms with Crippen LogP contribution in [0.2, 0.25) is 0 Å². The Labute approximate surface area is 125 Å². The maximum absolute atomic E-state index is 12.8. The lowest BCUT2D eigenvalue weighted by molar-refractivity contribution is 0.0987. The molecule has 2 aromatic carbocycles. The molecule has 0 saturated heterocycles. The van der Waals surface area contributed by atoms with E-state index in [0.29, 0.717) is 11.3 Å². The Morgan fingerprint density at radius 2 is 1.95 bits per heavy atom. The summed E-state index contributed by atoms with van der Waals surface area (Å²) in [4.78, 5) is 14.7. The third-order valence-electron chi connectivity index (χ3n) is 4.13. The molecule has 0 bridgehead atoms. The normalized spacial score (nSPS) is 14.4. The third kappa shape index (κ3) is 2.64. The summed E-state index contributed by atoms with van der Waals surface area (Å²) in [6.07, 6.45) is 3.19. The van der Waals surface area contributed by atoms with Crippen molar-refractivity contribution in [3.8, 4) is 0 Å². The quantitative estimate of drug-likeness (QED) is 0.812. The van der Waals surface area contributed by atoms with Crippen molar-refractivity contribution in [2.75, 3.05) is 17.2 Å². The van der Waals surface area contributed by atoms with E-state index >= 15 is 0 Å². The second-order valence-corrected chi connectivity index (χ2v) is 5.61. The van der Waals surface area contributed by atoms with E-state index in [1.807, 2.05) is 42.2 Å². The van der Waals surface area contributed by atoms with Crippen molar-refractivity contribution in [2.24, 2.45) is 0 Å². The second kappa shape index (κ2) is 5.60. The van der Waals surface area contributed by atoms with Gasteiger partial charge in [0.2, 0.25) is 0 Å². The molecule has 0 aliphatic carbocycles. The van der Waals surface area contributed by atoms with Crippen LogP contribution in [0.3, 0.4) is 0 Å². The van der Waals surface area contributed by atoms with Crippen LogP contribution in [0.15, 0.2) is 42.5 Å². The fourth-order valence-electron chi connectivity index (χ4n) is 2.83. The van der Waals surface area contributed by atoms with Gasteiger partial charge in [-0.2, -0.15) is 0 Å². The van der Waals surface area contributed by atoms with Gasteiger partial charge in [0, 0.05) is 23.5 Å². The van der Waals surface area contributed by atoms with Crippen molar-refractivity contribution in [2.45, 2.75) is 26.2 Å². The van der Waals surface area contributed by atoms with E-state index in [-0.39, 0.29) is 5.91 Å². The molecule has 0 unspecified atom stereocenters. The first-order chi connectivity index (χ1) is 10.2. The molecular formula is C18H20N2O. The summed E-state index contributed by atoms with van der Waals surface area (Å²) in [6.45, 7) is 2.72. The molecule has 3 nitrogen and oxygen atoms in total. The zero-order valence-corrected chi connectivity index (χ0v) is 12.3. The number of fused-ring (bicyclic) bond motifs is 1. The van der Waals surface area contributed by atoms with E-state index in [0.717, 1.165) is 37.1 Å². The van der Waals surface area contributed by atoms with E-state index in [1.165, 1.54) is 5.56 Å². The Morgan fingerprint density at radius 1 is 1.14 bits per heavy atom. The van der Waals surface area contributed by atoms with Crippen molar-refractivity contribution in [3.63, 3.8) is 0 Å². The summed E-state index contributed by atoms with van der Waals surface area (Å²) < 4.78 is 0. The molecule has 1 amide bonds. The van der Waals surface area contributed by atoms with E-state index in [2.05, 4.69) is 6.07 Å². The molecule has 1 heterocycles. The SMILES string of the molecule is Cc1ccc(C(=O)N2CCCCc3ccccc32)cc1N. The molecule has 108 valence electrons. The summed E-state index contributed by atoms with van der Waals surface area (Å²) in [5.74, 6) is 0.0380. The molecule has 0 fully saturated rings. The molecule has 3 rings (SSSR count). The number of carbonyl (C=O) groups is 1. The molecule has 1 aliphatic heterocycles. The lowest BCUT2D eigenvalue weighted by Gasteiger charge is -2.23. The van der Waals surface area contributed by atoms with Crippen molar-refractivity contribution in [3.05, 3.63) is 59.2 Å². The number of aryl methyl sites for hydroxylation is 2. The minimum Gasteiger partial charge on any atom is -0.398 e. The summed E-state index contributed by atoms with van der Waals surface area (Å²) in [6, 6.07) is 13.7. The lowest BCUT2D eigenvalue weighted by Crippen LogP contribution is -2.31. The van der Waals surface area contributed by atoms with E-state index < -0.39 is 0 Å². The number of nitrogen functional groups attached to an aromatic ring is 1. The number of para-hydroxylation sites is 1. The highest BCUT2D eigenvalue weighted by Crippen LogP contribution is 2.28. The van der Waals surface area contributed by atoms with Gasteiger partial charge in [0.1, 0.15) is 0 Å². The zero-order chi connectivity index (χ0) is 14.8. The molecule has 0 radical (unpaired) electrons. The number of nitrogens with zero attached hydrogens (tertiary/aromatic N) is 1. The van der Waals surface area contributed by atoms with Crippen LogP contribution in [0, 0.1) is 6.92 Å². The highest BCUT2D eigenvalue weighted by atomic mass is 16.2. The molecule has 0 atom stereocenters. The van der Waals surface area contributed by atoms with Crippen LogP contribution < -0.4 is 10.6 Å². The Bertz CT molecular complexity index is 679. The minimum atomic E-state index is 0.0380. The molecule has 21 heavy (non-hydrogen) atoms. The maximum Gasteiger partial charge on any atom is 0.258 e. The Kier molecular flexibility index (Phi) is 3.65. The fraction of sp³-hybridized carbons (Fsp3) is 0.278. The molecule has 0 spiro atoms. The third-order valence-corrected chi connectivity index (χ3v) is 4.13. The van der Waals surface area contributed by atoms with Gasteiger partial charge in [0.15, 0.2) is 0 Å². The van der Waals surface area contributed by atoms with Gasteiger partial charge in [-0.1, -0.05) is 24.3 Å². The average Bonchev–Trinajstić information content (AvgIpc) is 2.71. The first-order valence-electron chi connectivity index (χ1n) is 7.43. The Hall–Kier alpha value is -2.29. The van der Waals surface area contributed by atoms with Gasteiger partial charge in [0.25, 0.3) is 5.91 Å². The summed E-state index contributed by atoms with van der Waals surface area (Å²) >= 11 is 0. The average molecular weight is 280 g/mol. The van der Waals surface area contributed by atoms with Crippen molar-refractivity contribution < 1.29 is 4.79 Å². The van der Waals surface area contributed by atoms with E-state index in [4.69, 9.17) is 5.73 Å². The Morgan fingerprint density at radius 3 is 2.76 bits per heavy atom. The maximum atomic E-state index is 12.8. The van der Waals surface area contributed by atoms with Crippen molar-refractivity contribution in [1.29, 1.82) is 0 Å². The molecule has 1 aliphatic rings. The number of hydrogen-bond donors (Lipinski definition) is 1. The number of rotatable bonds is 1. The Balaban J connectivity index is 1.99. The first kappa shape index (κ1) is 13.7. The molecule has 2 aromatic rings. The number of carbonyl (C=O) groups excluding carboxylic acids is 1. The highest BCUT2D eigenvalue weighted by Gasteiger charge is 2.22. The van der Waals surface area contributed by atoms with Gasteiger partial charge in [-0.15, -0.1) is 0 Å². The predicted octanol–water partition coefficient (Wildman–Crippen LogP) is 3.56. The standard InChI is InChI=1S/C18H20N2O/c1-13-9-10-15(12-16(13)19)18(21)20-11-5-4-7-14-6-2-3-8-17(14)20/h2-3,6,8-10,12H,4-5,7,11,19H2,1H3. The van der Waals surface area contributed by atoms with Crippen molar-refractivity contribution >= 4 is 17.3 Å². The zero-order valence-electron chi connectivity index (χ0n) is 12.3. The number of benzene rings is 2. The van der Waals surface area contributed by atoms with Gasteiger partial charge in [-0.3, -0.25) is 4.79 Å². The summed E-state index contributed by atoms with van der Waals surface area (Å²) in [5.41, 5.74) is 10.6. The lowest BCUT2D eigenvalue weighted by atomic mass is 10.1. The van der Waals surface area contributed by atoms with Crippen LogP contribution in [-0.4, -0.2) is 12.5 Å². The van der Waals surface area contributed by atoms with E-state index in [9.17, 15) is 4.79 Å². The first-order valence-corrected chi connectivity index (χ1v) is 7.43. The highest BCUT2D eigenvalue weighted by molar-refractivity contribution is 6.07.